The van der Waals surface area contributed by atoms with Crippen molar-refractivity contribution in [1.29, 1.82) is 0 Å². The predicted octanol–water partition coefficient (Wildman–Crippen LogP) is 6.32. The van der Waals surface area contributed by atoms with Crippen LogP contribution in [0.1, 0.15) is 85.6 Å². The van der Waals surface area contributed by atoms with Gasteiger partial charge in [0, 0.05) is 25.2 Å². The summed E-state index contributed by atoms with van der Waals surface area (Å²) < 4.78 is 32.3. The number of fused-ring (bicyclic) bond motifs is 2. The highest BCUT2D eigenvalue weighted by Gasteiger charge is 2.60. The van der Waals surface area contributed by atoms with Crippen LogP contribution in [0.15, 0.2) is 77.4 Å². The minimum atomic E-state index is -1.81. The van der Waals surface area contributed by atoms with E-state index in [0.717, 1.165) is 24.0 Å². The Kier molecular flexibility index (Phi) is 11.4. The monoisotopic (exact) mass is 704 g/mol. The third-order valence-corrected chi connectivity index (χ3v) is 11.9. The Balaban J connectivity index is 1.37. The minimum Gasteiger partial charge on any atom is -0.462 e. The van der Waals surface area contributed by atoms with Gasteiger partial charge in [-0.15, -0.1) is 0 Å². The molecule has 1 aromatic rings. The van der Waals surface area contributed by atoms with Crippen LogP contribution in [0.3, 0.4) is 0 Å². The van der Waals surface area contributed by atoms with E-state index in [1.54, 1.807) is 25.2 Å². The molecule has 51 heavy (non-hydrogen) atoms. The maximum atomic E-state index is 14.2. The molecule has 4 heterocycles. The van der Waals surface area contributed by atoms with E-state index in [0.29, 0.717) is 48.7 Å². The highest BCUT2D eigenvalue weighted by atomic mass is 16.7. The number of aliphatic hydroxyl groups is 2. The Bertz CT molecular complexity index is 1540. The molecule has 0 amide bonds. The van der Waals surface area contributed by atoms with Crippen molar-refractivity contribution in [2.75, 3.05) is 6.61 Å². The van der Waals surface area contributed by atoms with Crippen molar-refractivity contribution in [3.8, 4) is 0 Å². The smallest absolute Gasteiger partial charge is 0.316 e. The molecule has 1 spiro atoms. The van der Waals surface area contributed by atoms with Crippen molar-refractivity contribution >= 4 is 11.9 Å². The van der Waals surface area contributed by atoms with Crippen LogP contribution in [0, 0.1) is 23.7 Å². The van der Waals surface area contributed by atoms with Gasteiger partial charge in [-0.2, -0.15) is 0 Å². The van der Waals surface area contributed by atoms with Crippen LogP contribution >= 0.6 is 0 Å². The van der Waals surface area contributed by atoms with Gasteiger partial charge >= 0.3 is 11.9 Å². The van der Waals surface area contributed by atoms with Gasteiger partial charge in [0.2, 0.25) is 0 Å². The zero-order valence-corrected chi connectivity index (χ0v) is 31.0. The van der Waals surface area contributed by atoms with Crippen molar-refractivity contribution < 1.29 is 43.5 Å². The predicted molar refractivity (Wildman–Crippen MR) is 192 cm³/mol. The van der Waals surface area contributed by atoms with Gasteiger partial charge in [-0.25, -0.2) is 0 Å². The lowest BCUT2D eigenvalue weighted by atomic mass is 9.71. The van der Waals surface area contributed by atoms with Gasteiger partial charge in [-0.1, -0.05) is 94.8 Å². The number of rotatable bonds is 5. The lowest BCUT2D eigenvalue weighted by Gasteiger charge is -2.51. The molecular formula is C42H56O9. The number of carbonyl (C=O) groups excluding carboxylic acids is 2. The summed E-state index contributed by atoms with van der Waals surface area (Å²) in [6.07, 6.45) is 9.74. The molecule has 9 heteroatoms. The van der Waals surface area contributed by atoms with Crippen molar-refractivity contribution in [2.45, 2.75) is 135 Å². The van der Waals surface area contributed by atoms with Crippen LogP contribution < -0.4 is 0 Å². The number of hydrogen-bond acceptors (Lipinski definition) is 9. The summed E-state index contributed by atoms with van der Waals surface area (Å²) in [5.41, 5.74) is 0.981. The Morgan fingerprint density at radius 2 is 1.86 bits per heavy atom. The average Bonchev–Trinajstić information content (AvgIpc) is 3.45. The molecule has 3 fully saturated rings. The molecule has 0 saturated carbocycles. The van der Waals surface area contributed by atoms with Gasteiger partial charge in [0.1, 0.15) is 35.9 Å². The highest BCUT2D eigenvalue weighted by molar-refractivity contribution is 5.78. The highest BCUT2D eigenvalue weighted by Crippen LogP contribution is 2.48. The van der Waals surface area contributed by atoms with Crippen LogP contribution in [-0.4, -0.2) is 76.8 Å². The second-order valence-electron chi connectivity index (χ2n) is 15.7. The van der Waals surface area contributed by atoms with Gasteiger partial charge in [0.25, 0.3) is 0 Å². The fourth-order valence-electron chi connectivity index (χ4n) is 8.69. The fraction of sp³-hybridized carbons (Fsp3) is 0.619. The molecule has 4 aliphatic heterocycles. The fourth-order valence-corrected chi connectivity index (χ4v) is 8.69. The normalized spacial score (nSPS) is 41.9. The first-order valence-corrected chi connectivity index (χ1v) is 18.9. The van der Waals surface area contributed by atoms with Crippen LogP contribution in [0.5, 0.6) is 0 Å². The molecule has 0 aromatic heterocycles. The van der Waals surface area contributed by atoms with Gasteiger partial charge in [0.05, 0.1) is 25.2 Å². The summed E-state index contributed by atoms with van der Waals surface area (Å²) in [6, 6.07) is 9.54. The van der Waals surface area contributed by atoms with Crippen LogP contribution in [-0.2, 0) is 39.7 Å². The zero-order valence-electron chi connectivity index (χ0n) is 31.0. The lowest BCUT2D eigenvalue weighted by molar-refractivity contribution is -0.340. The van der Waals surface area contributed by atoms with E-state index in [1.165, 1.54) is 0 Å². The Hall–Kier alpha value is -3.08. The van der Waals surface area contributed by atoms with Crippen LogP contribution in [0.4, 0.5) is 0 Å². The molecule has 1 aliphatic carbocycles. The van der Waals surface area contributed by atoms with Crippen molar-refractivity contribution in [2.24, 2.45) is 23.7 Å². The summed E-state index contributed by atoms with van der Waals surface area (Å²) in [5, 5.41) is 23.4. The zero-order chi connectivity index (χ0) is 36.5. The van der Waals surface area contributed by atoms with E-state index >= 15 is 0 Å². The van der Waals surface area contributed by atoms with Crippen molar-refractivity contribution in [3.05, 3.63) is 83.0 Å². The topological polar surface area (TPSA) is 121 Å². The molecule has 2 unspecified atom stereocenters. The number of esters is 2. The van der Waals surface area contributed by atoms with E-state index in [9.17, 15) is 19.8 Å². The quantitative estimate of drug-likeness (QED) is 0.268. The second kappa shape index (κ2) is 15.5. The molecule has 2 N–H and O–H groups in total. The SMILES string of the molecule is CCC(C)[C@H]1OC2(CC[C@@H]1C)C[C@@H]1C[C@@H](C/C=C(\C)[C@@H](OC(=O)Cc3ccccc3)[C@@H](C)/C=C/C=C3\CO[C@@H]4[C@H](O)C(C)=C[C@@H](C(=O)O1)[C@]34O)O2. The van der Waals surface area contributed by atoms with E-state index in [-0.39, 0.29) is 37.1 Å². The van der Waals surface area contributed by atoms with Crippen LogP contribution in [0.25, 0.3) is 0 Å². The van der Waals surface area contributed by atoms with Gasteiger partial charge in [0.15, 0.2) is 5.79 Å². The van der Waals surface area contributed by atoms with Crippen molar-refractivity contribution in [3.63, 3.8) is 0 Å². The second-order valence-corrected chi connectivity index (χ2v) is 15.7. The number of allylic oxidation sites excluding steroid dienone is 2. The summed E-state index contributed by atoms with van der Waals surface area (Å²) in [4.78, 5) is 27.5. The van der Waals surface area contributed by atoms with Crippen LogP contribution in [0.2, 0.25) is 0 Å². The van der Waals surface area contributed by atoms with E-state index < -0.39 is 47.7 Å². The van der Waals surface area contributed by atoms with Gasteiger partial charge in [-0.3, -0.25) is 9.59 Å². The molecule has 0 radical (unpaired) electrons. The Morgan fingerprint density at radius 3 is 2.61 bits per heavy atom. The Labute approximate surface area is 302 Å². The number of hydrogen-bond donors (Lipinski definition) is 2. The molecule has 12 atom stereocenters. The van der Waals surface area contributed by atoms with Gasteiger partial charge in [-0.05, 0) is 60.8 Å². The molecule has 6 rings (SSSR count). The lowest BCUT2D eigenvalue weighted by Crippen LogP contribution is -2.58. The Morgan fingerprint density at radius 1 is 1.10 bits per heavy atom. The van der Waals surface area contributed by atoms with E-state index in [2.05, 4.69) is 26.8 Å². The summed E-state index contributed by atoms with van der Waals surface area (Å²) in [5.74, 6) is -2.42. The maximum Gasteiger partial charge on any atom is 0.316 e. The first kappa shape index (κ1) is 37.7. The first-order chi connectivity index (χ1) is 24.3. The molecule has 2 bridgehead atoms. The molecular weight excluding hydrogens is 648 g/mol. The average molecular weight is 705 g/mol. The molecule has 9 nitrogen and oxygen atoms in total. The summed E-state index contributed by atoms with van der Waals surface area (Å²) in [7, 11) is 0. The molecule has 1 aromatic carbocycles. The summed E-state index contributed by atoms with van der Waals surface area (Å²) >= 11 is 0. The van der Waals surface area contributed by atoms with Crippen molar-refractivity contribution in [1.82, 2.24) is 0 Å². The third kappa shape index (κ3) is 7.84. The number of aliphatic hydroxyl groups excluding tert-OH is 1. The molecule has 278 valence electrons. The molecule has 5 aliphatic rings. The number of carbonyl (C=O) groups is 2. The maximum absolute atomic E-state index is 14.2. The largest absolute Gasteiger partial charge is 0.462 e. The van der Waals surface area contributed by atoms with E-state index in [4.69, 9.17) is 23.7 Å². The number of ether oxygens (including phenoxy) is 5. The molecule has 3 saturated heterocycles. The van der Waals surface area contributed by atoms with Gasteiger partial charge < -0.3 is 33.9 Å². The number of benzene rings is 1. The minimum absolute atomic E-state index is 0.00486. The third-order valence-electron chi connectivity index (χ3n) is 11.9. The van der Waals surface area contributed by atoms with E-state index in [1.807, 2.05) is 50.3 Å². The summed E-state index contributed by atoms with van der Waals surface area (Å²) in [6.45, 7) is 12.4. The first-order valence-electron chi connectivity index (χ1n) is 18.9. The standard InChI is InChI=1S/C42H56O9/c1-7-25(2)38-28(5)18-19-41(51-38)23-33-22-32(50-41)17-16-27(4)37(49-35(43)21-30-13-9-8-10-14-30)26(3)12-11-15-31-24-47-39-36(44)29(6)20-34(40(45)48-33)42(31,39)46/h8-16,20,25-26,28,32-34,36-39,44,46H,7,17-19,21-24H2,1-6H3/b12-11+,27-16+,31-15+/t25?,26-,28-,32+,33-,34-,36+,37-,38+,39+,41?,42+/m0/s1.